The number of para-hydroxylation sites is 3. The molecule has 2 heterocycles. The molecule has 0 aliphatic carbocycles. The highest BCUT2D eigenvalue weighted by Gasteiger charge is 2.43. The molecule has 0 radical (unpaired) electrons. The summed E-state index contributed by atoms with van der Waals surface area (Å²) >= 11 is 0. The van der Waals surface area contributed by atoms with Gasteiger partial charge in [0.25, 0.3) is 0 Å². The van der Waals surface area contributed by atoms with Crippen molar-refractivity contribution < 1.29 is 0 Å². The molecule has 0 amide bonds. The van der Waals surface area contributed by atoms with Crippen LogP contribution in [-0.2, 0) is 0 Å². The molecular formula is C60H42N2Si. The van der Waals surface area contributed by atoms with Gasteiger partial charge in [0.2, 0.25) is 0 Å². The highest BCUT2D eigenvalue weighted by Crippen LogP contribution is 2.42. The second-order valence-corrected chi connectivity index (χ2v) is 20.2. The molecule has 63 heavy (non-hydrogen) atoms. The summed E-state index contributed by atoms with van der Waals surface area (Å²) in [5.74, 6) is 0. The molecule has 0 bridgehead atoms. The molecule has 0 saturated heterocycles. The molecular weight excluding hydrogens is 777 g/mol. The van der Waals surface area contributed by atoms with Crippen molar-refractivity contribution in [2.24, 2.45) is 0 Å². The summed E-state index contributed by atoms with van der Waals surface area (Å²) in [6.07, 6.45) is 0. The van der Waals surface area contributed by atoms with Crippen LogP contribution >= 0.6 is 0 Å². The molecule has 12 aromatic rings. The Morgan fingerprint density at radius 2 is 0.762 bits per heavy atom. The highest BCUT2D eigenvalue weighted by molar-refractivity contribution is 7.20. The van der Waals surface area contributed by atoms with Gasteiger partial charge in [0.15, 0.2) is 8.07 Å². The third kappa shape index (κ3) is 5.78. The van der Waals surface area contributed by atoms with Gasteiger partial charge in [0, 0.05) is 27.2 Å². The van der Waals surface area contributed by atoms with Crippen LogP contribution in [0.1, 0.15) is 0 Å². The predicted molar refractivity (Wildman–Crippen MR) is 270 cm³/mol. The number of hydrogen-bond acceptors (Lipinski definition) is 0. The van der Waals surface area contributed by atoms with Crippen LogP contribution in [0, 0.1) is 0 Å². The lowest BCUT2D eigenvalue weighted by atomic mass is 9.99. The molecule has 0 N–H and O–H groups in total. The van der Waals surface area contributed by atoms with E-state index in [4.69, 9.17) is 0 Å². The van der Waals surface area contributed by atoms with Crippen molar-refractivity contribution >= 4 is 72.4 Å². The maximum Gasteiger partial charge on any atom is 0.181 e. The van der Waals surface area contributed by atoms with Crippen molar-refractivity contribution in [3.8, 4) is 33.6 Å². The lowest BCUT2D eigenvalue weighted by molar-refractivity contribution is 1.13. The fourth-order valence-corrected chi connectivity index (χ4v) is 15.4. The summed E-state index contributed by atoms with van der Waals surface area (Å²) in [7, 11) is -3.03. The SMILES string of the molecule is c1ccc(-c2ccc(-n3c4ccccc4c4cccc(-n5c6cccc(-c7ccccc7)c6c6cccc([Si](c7ccccc7)(c7ccccc7)c7ccccc7)c65)c43)cc2)cc1. The normalized spacial score (nSPS) is 11.8. The van der Waals surface area contributed by atoms with E-state index in [-0.39, 0.29) is 0 Å². The largest absolute Gasteiger partial charge is 0.307 e. The lowest BCUT2D eigenvalue weighted by Gasteiger charge is -2.35. The van der Waals surface area contributed by atoms with Gasteiger partial charge in [-0.1, -0.05) is 224 Å². The average Bonchev–Trinajstić information content (AvgIpc) is 3.90. The smallest absolute Gasteiger partial charge is 0.181 e. The Hall–Kier alpha value is -7.98. The van der Waals surface area contributed by atoms with Gasteiger partial charge in [0.05, 0.1) is 27.8 Å². The first-order chi connectivity index (χ1) is 31.3. The number of aromatic nitrogens is 2. The van der Waals surface area contributed by atoms with E-state index < -0.39 is 8.07 Å². The van der Waals surface area contributed by atoms with Gasteiger partial charge >= 0.3 is 0 Å². The number of benzene rings is 10. The van der Waals surface area contributed by atoms with Crippen LogP contribution in [-0.4, -0.2) is 17.2 Å². The van der Waals surface area contributed by atoms with Crippen molar-refractivity contribution in [1.82, 2.24) is 9.13 Å². The lowest BCUT2D eigenvalue weighted by Crippen LogP contribution is -2.75. The van der Waals surface area contributed by atoms with E-state index in [0.29, 0.717) is 0 Å². The van der Waals surface area contributed by atoms with E-state index in [1.54, 1.807) is 0 Å². The van der Waals surface area contributed by atoms with Gasteiger partial charge in [0.1, 0.15) is 0 Å². The fourth-order valence-electron chi connectivity index (χ4n) is 10.4. The molecule has 0 aliphatic rings. The van der Waals surface area contributed by atoms with Crippen LogP contribution in [0.15, 0.2) is 255 Å². The monoisotopic (exact) mass is 818 g/mol. The summed E-state index contributed by atoms with van der Waals surface area (Å²) in [6, 6.07) is 94.4. The minimum atomic E-state index is -3.03. The van der Waals surface area contributed by atoms with Gasteiger partial charge < -0.3 is 9.13 Å². The third-order valence-electron chi connectivity index (χ3n) is 13.1. The van der Waals surface area contributed by atoms with Crippen molar-refractivity contribution in [3.63, 3.8) is 0 Å². The molecule has 0 atom stereocenters. The number of hydrogen-bond donors (Lipinski definition) is 0. The summed E-state index contributed by atoms with van der Waals surface area (Å²) in [4.78, 5) is 0. The summed E-state index contributed by atoms with van der Waals surface area (Å²) in [5.41, 5.74) is 11.9. The number of fused-ring (bicyclic) bond motifs is 6. The van der Waals surface area contributed by atoms with Crippen LogP contribution in [0.2, 0.25) is 0 Å². The van der Waals surface area contributed by atoms with Crippen LogP contribution < -0.4 is 20.7 Å². The summed E-state index contributed by atoms with van der Waals surface area (Å²) < 4.78 is 5.12. The van der Waals surface area contributed by atoms with Crippen molar-refractivity contribution in [2.75, 3.05) is 0 Å². The molecule has 3 heteroatoms. The molecule has 2 nitrogen and oxygen atoms in total. The Labute approximate surface area is 368 Å². The van der Waals surface area contributed by atoms with E-state index in [9.17, 15) is 0 Å². The van der Waals surface area contributed by atoms with E-state index in [1.807, 2.05) is 0 Å². The molecule has 2 aromatic heterocycles. The fraction of sp³-hybridized carbons (Fsp3) is 0. The Bertz CT molecular complexity index is 3480. The van der Waals surface area contributed by atoms with Crippen LogP contribution in [0.3, 0.4) is 0 Å². The quantitative estimate of drug-likeness (QED) is 0.107. The third-order valence-corrected chi connectivity index (χ3v) is 17.9. The molecule has 0 saturated carbocycles. The van der Waals surface area contributed by atoms with Crippen molar-refractivity contribution in [1.29, 1.82) is 0 Å². The van der Waals surface area contributed by atoms with Gasteiger partial charge in [-0.3, -0.25) is 0 Å². The Morgan fingerprint density at radius 3 is 1.40 bits per heavy atom. The molecule has 296 valence electrons. The molecule has 0 fully saturated rings. The Balaban J connectivity index is 1.27. The first-order valence-corrected chi connectivity index (χ1v) is 23.8. The van der Waals surface area contributed by atoms with Gasteiger partial charge in [-0.2, -0.15) is 0 Å². The van der Waals surface area contributed by atoms with Crippen molar-refractivity contribution in [2.45, 2.75) is 0 Å². The first-order valence-electron chi connectivity index (χ1n) is 21.8. The zero-order chi connectivity index (χ0) is 41.7. The average molecular weight is 819 g/mol. The van der Waals surface area contributed by atoms with Gasteiger partial charge in [-0.15, -0.1) is 0 Å². The molecule has 12 rings (SSSR count). The zero-order valence-electron chi connectivity index (χ0n) is 34.6. The van der Waals surface area contributed by atoms with E-state index in [1.165, 1.54) is 86.6 Å². The standard InChI is InChI=1S/C60H42N2Si/c1-6-21-43(22-7-1)44-39-41-46(42-40-44)61-54-35-17-16-31-51(54)52-33-19-37-56(59(52)61)62-55-36-18-32-50(45-23-8-2-9-24-45)58(55)53-34-20-38-57(60(53)62)63(47-25-10-3-11-26-47,48-27-12-4-13-28-48)49-29-14-5-15-30-49/h1-42H. The Kier molecular flexibility index (Phi) is 8.87. The maximum atomic E-state index is 2.62. The summed E-state index contributed by atoms with van der Waals surface area (Å²) in [6.45, 7) is 0. The maximum absolute atomic E-state index is 3.03. The second kappa shape index (κ2) is 15.2. The minimum absolute atomic E-state index is 1.13. The predicted octanol–water partition coefficient (Wildman–Crippen LogP) is 12.6. The minimum Gasteiger partial charge on any atom is -0.307 e. The zero-order valence-corrected chi connectivity index (χ0v) is 35.6. The van der Waals surface area contributed by atoms with E-state index in [0.717, 1.165) is 11.4 Å². The van der Waals surface area contributed by atoms with Crippen LogP contribution in [0.4, 0.5) is 0 Å². The highest BCUT2D eigenvalue weighted by atomic mass is 28.3. The first kappa shape index (κ1) is 36.8. The summed E-state index contributed by atoms with van der Waals surface area (Å²) in [5, 5.41) is 10.3. The molecule has 10 aromatic carbocycles. The van der Waals surface area contributed by atoms with E-state index >= 15 is 0 Å². The van der Waals surface area contributed by atoms with E-state index in [2.05, 4.69) is 264 Å². The Morgan fingerprint density at radius 1 is 0.286 bits per heavy atom. The second-order valence-electron chi connectivity index (χ2n) is 16.4. The number of rotatable bonds is 8. The topological polar surface area (TPSA) is 9.86 Å². The van der Waals surface area contributed by atoms with Crippen molar-refractivity contribution in [3.05, 3.63) is 255 Å². The van der Waals surface area contributed by atoms with Gasteiger partial charge in [-0.25, -0.2) is 0 Å². The molecule has 0 unspecified atom stereocenters. The number of nitrogens with zero attached hydrogens (tertiary/aromatic N) is 2. The van der Waals surface area contributed by atoms with Crippen LogP contribution in [0.5, 0.6) is 0 Å². The van der Waals surface area contributed by atoms with Gasteiger partial charge in [-0.05, 0) is 73.3 Å². The van der Waals surface area contributed by atoms with Crippen LogP contribution in [0.25, 0.3) is 77.2 Å². The molecule has 0 spiro atoms. The molecule has 0 aliphatic heterocycles.